The van der Waals surface area contributed by atoms with Crippen LogP contribution in [0.5, 0.6) is 0 Å². The van der Waals surface area contributed by atoms with Gasteiger partial charge in [-0.05, 0) is 23.3 Å². The molecule has 0 fully saturated rings. The summed E-state index contributed by atoms with van der Waals surface area (Å²) in [4.78, 5) is 18.6. The van der Waals surface area contributed by atoms with E-state index in [1.807, 2.05) is 60.7 Å². The molecule has 1 aliphatic rings. The van der Waals surface area contributed by atoms with Crippen LogP contribution < -0.4 is 11.1 Å². The number of hydrogen-bond acceptors (Lipinski definition) is 3. The molecule has 0 saturated carbocycles. The summed E-state index contributed by atoms with van der Waals surface area (Å²) >= 11 is 0. The molecule has 0 aromatic heterocycles. The Morgan fingerprint density at radius 2 is 1.65 bits per heavy atom. The van der Waals surface area contributed by atoms with Gasteiger partial charge in [-0.15, -0.1) is 0 Å². The largest absolute Gasteiger partial charge is 0.416 e. The first kappa shape index (κ1) is 26.1. The highest BCUT2D eigenvalue weighted by molar-refractivity contribution is 5.93. The maximum absolute atomic E-state index is 14.3. The van der Waals surface area contributed by atoms with E-state index >= 15 is 0 Å². The van der Waals surface area contributed by atoms with E-state index < -0.39 is 23.5 Å². The first-order valence-corrected chi connectivity index (χ1v) is 11.7. The Hall–Kier alpha value is -3.98. The van der Waals surface area contributed by atoms with Crippen LogP contribution in [0.25, 0.3) is 0 Å². The molecule has 0 saturated heterocycles. The molecule has 192 valence electrons. The van der Waals surface area contributed by atoms with E-state index in [2.05, 4.69) is 5.32 Å². The number of halogens is 4. The predicted octanol–water partition coefficient (Wildman–Crippen LogP) is 5.20. The van der Waals surface area contributed by atoms with Gasteiger partial charge in [0.1, 0.15) is 11.9 Å². The minimum atomic E-state index is -4.62. The number of nitrogens with one attached hydrogen (secondary N) is 1. The fraction of sp³-hybridized carbons (Fsp3) is 0.214. The lowest BCUT2D eigenvalue weighted by molar-refractivity contribution is -0.137. The van der Waals surface area contributed by atoms with E-state index in [4.69, 9.17) is 10.7 Å². The normalized spacial score (nSPS) is 14.9. The summed E-state index contributed by atoms with van der Waals surface area (Å²) < 4.78 is 52.8. The molecule has 0 bridgehead atoms. The monoisotopic (exact) mass is 510 g/mol. The summed E-state index contributed by atoms with van der Waals surface area (Å²) in [6, 6.07) is 21.8. The molecule has 1 amide bonds. The van der Waals surface area contributed by atoms with Crippen molar-refractivity contribution in [3.63, 3.8) is 0 Å². The lowest BCUT2D eigenvalue weighted by Gasteiger charge is -2.29. The molecule has 0 atom stereocenters. The van der Waals surface area contributed by atoms with Crippen molar-refractivity contribution >= 4 is 12.2 Å². The standard InChI is InChI=1S/C28H26F4N4O/c29-24-15-22(28(30,31)32)12-11-21(24)16-36-14-13-25(23(17-36)27(33)37)34-18-35-26(19-7-3-1-4-8-19)20-9-5-2-6-10-20/h1-12,15,18,26H,13-14,16-17H2,(H2,33,37)(H,34,35). The second kappa shape index (κ2) is 11.4. The maximum atomic E-state index is 14.3. The number of rotatable bonds is 8. The number of benzene rings is 3. The van der Waals surface area contributed by atoms with Crippen molar-refractivity contribution in [2.24, 2.45) is 10.7 Å². The van der Waals surface area contributed by atoms with Crippen LogP contribution in [0.1, 0.15) is 34.7 Å². The average Bonchev–Trinajstić information content (AvgIpc) is 2.88. The summed E-state index contributed by atoms with van der Waals surface area (Å²) in [7, 11) is 0. The molecule has 0 unspecified atom stereocenters. The maximum Gasteiger partial charge on any atom is 0.416 e. The van der Waals surface area contributed by atoms with Crippen molar-refractivity contribution in [1.29, 1.82) is 0 Å². The fourth-order valence-corrected chi connectivity index (χ4v) is 4.26. The van der Waals surface area contributed by atoms with Gasteiger partial charge in [-0.2, -0.15) is 13.2 Å². The zero-order valence-corrected chi connectivity index (χ0v) is 19.9. The van der Waals surface area contributed by atoms with Gasteiger partial charge < -0.3 is 11.1 Å². The topological polar surface area (TPSA) is 70.7 Å². The third-order valence-electron chi connectivity index (χ3n) is 6.19. The average molecular weight is 511 g/mol. The van der Waals surface area contributed by atoms with E-state index in [9.17, 15) is 22.4 Å². The van der Waals surface area contributed by atoms with Crippen molar-refractivity contribution in [3.05, 3.63) is 118 Å². The van der Waals surface area contributed by atoms with Crippen LogP contribution in [-0.2, 0) is 17.5 Å². The molecule has 0 spiro atoms. The molecule has 3 aromatic carbocycles. The van der Waals surface area contributed by atoms with E-state index in [1.165, 1.54) is 0 Å². The zero-order valence-electron chi connectivity index (χ0n) is 19.9. The number of nitrogens with two attached hydrogens (primary N) is 1. The van der Waals surface area contributed by atoms with E-state index in [0.717, 1.165) is 23.3 Å². The molecule has 9 heteroatoms. The molecule has 4 rings (SSSR count). The van der Waals surface area contributed by atoms with E-state index in [1.54, 1.807) is 11.2 Å². The highest BCUT2D eigenvalue weighted by Crippen LogP contribution is 2.31. The Bertz CT molecular complexity index is 1250. The number of primary amides is 1. The lowest BCUT2D eigenvalue weighted by Crippen LogP contribution is -2.38. The van der Waals surface area contributed by atoms with Crippen LogP contribution >= 0.6 is 0 Å². The van der Waals surface area contributed by atoms with Gasteiger partial charge in [-0.25, -0.2) is 4.39 Å². The van der Waals surface area contributed by atoms with E-state index in [-0.39, 0.29) is 24.7 Å². The number of alkyl halides is 3. The molecule has 1 heterocycles. The van der Waals surface area contributed by atoms with Crippen LogP contribution in [0, 0.1) is 5.82 Å². The lowest BCUT2D eigenvalue weighted by atomic mass is 9.99. The van der Waals surface area contributed by atoms with Gasteiger partial charge in [0.25, 0.3) is 0 Å². The van der Waals surface area contributed by atoms with Crippen molar-refractivity contribution in [2.45, 2.75) is 25.2 Å². The quantitative estimate of drug-likeness (QED) is 0.249. The molecule has 5 nitrogen and oxygen atoms in total. The summed E-state index contributed by atoms with van der Waals surface area (Å²) in [6.45, 7) is 0.632. The Morgan fingerprint density at radius 1 is 1.03 bits per heavy atom. The molecule has 1 aliphatic heterocycles. The Labute approximate surface area is 212 Å². The van der Waals surface area contributed by atoms with Gasteiger partial charge in [0.15, 0.2) is 0 Å². The number of carbonyl (C=O) groups excluding carboxylic acids is 1. The zero-order chi connectivity index (χ0) is 26.4. The second-order valence-electron chi connectivity index (χ2n) is 8.73. The van der Waals surface area contributed by atoms with Crippen molar-refractivity contribution < 1.29 is 22.4 Å². The van der Waals surface area contributed by atoms with Crippen LogP contribution in [0.4, 0.5) is 17.6 Å². The SMILES string of the molecule is NC(=O)C1=C(NC=NC(c2ccccc2)c2ccccc2)CCN(Cc2ccc(C(F)(F)F)cc2F)C1. The summed E-state index contributed by atoms with van der Waals surface area (Å²) in [5, 5.41) is 3.10. The first-order valence-electron chi connectivity index (χ1n) is 11.7. The van der Waals surface area contributed by atoms with Crippen LogP contribution in [0.15, 0.2) is 95.1 Å². The summed E-state index contributed by atoms with van der Waals surface area (Å²) in [6.07, 6.45) is -2.66. The Kier molecular flexibility index (Phi) is 8.03. The highest BCUT2D eigenvalue weighted by Gasteiger charge is 2.31. The minimum Gasteiger partial charge on any atom is -0.366 e. The smallest absolute Gasteiger partial charge is 0.366 e. The van der Waals surface area contributed by atoms with Crippen molar-refractivity contribution in [1.82, 2.24) is 10.2 Å². The number of nitrogens with zero attached hydrogens (tertiary/aromatic N) is 2. The molecule has 0 aliphatic carbocycles. The van der Waals surface area contributed by atoms with Gasteiger partial charge in [0, 0.05) is 42.9 Å². The molecular weight excluding hydrogens is 484 g/mol. The molecular formula is C28H26F4N4O. The van der Waals surface area contributed by atoms with Gasteiger partial charge >= 0.3 is 6.18 Å². The molecule has 0 radical (unpaired) electrons. The van der Waals surface area contributed by atoms with Crippen molar-refractivity contribution in [2.75, 3.05) is 13.1 Å². The summed E-state index contributed by atoms with van der Waals surface area (Å²) in [5.41, 5.74) is 7.63. The second-order valence-corrected chi connectivity index (χ2v) is 8.73. The third-order valence-corrected chi connectivity index (χ3v) is 6.19. The highest BCUT2D eigenvalue weighted by atomic mass is 19.4. The van der Waals surface area contributed by atoms with Gasteiger partial charge in [0.2, 0.25) is 5.91 Å². The van der Waals surface area contributed by atoms with Crippen LogP contribution in [-0.4, -0.2) is 30.2 Å². The van der Waals surface area contributed by atoms with Crippen LogP contribution in [0.2, 0.25) is 0 Å². The van der Waals surface area contributed by atoms with Crippen LogP contribution in [0.3, 0.4) is 0 Å². The molecule has 3 aromatic rings. The van der Waals surface area contributed by atoms with Gasteiger partial charge in [-0.1, -0.05) is 66.7 Å². The minimum absolute atomic E-state index is 0.0478. The molecule has 37 heavy (non-hydrogen) atoms. The van der Waals surface area contributed by atoms with E-state index in [0.29, 0.717) is 30.3 Å². The Balaban J connectivity index is 1.48. The number of hydrogen-bond donors (Lipinski definition) is 2. The summed E-state index contributed by atoms with van der Waals surface area (Å²) in [5.74, 6) is -1.57. The Morgan fingerprint density at radius 3 is 2.19 bits per heavy atom. The number of carbonyl (C=O) groups is 1. The van der Waals surface area contributed by atoms with Crippen molar-refractivity contribution in [3.8, 4) is 0 Å². The molecule has 3 N–H and O–H groups in total. The predicted molar refractivity (Wildman–Crippen MR) is 134 cm³/mol. The fourth-order valence-electron chi connectivity index (χ4n) is 4.26. The van der Waals surface area contributed by atoms with Gasteiger partial charge in [-0.3, -0.25) is 14.7 Å². The number of aliphatic imine (C=N–C) groups is 1. The first-order chi connectivity index (χ1) is 17.7. The third kappa shape index (κ3) is 6.62. The number of amides is 1. The van der Waals surface area contributed by atoms with Gasteiger partial charge in [0.05, 0.1) is 11.9 Å².